The molecule has 0 bridgehead atoms. The first kappa shape index (κ1) is 115. The Labute approximate surface area is 836 Å². The summed E-state index contributed by atoms with van der Waals surface area (Å²) < 4.78 is 0. The Morgan fingerprint density at radius 2 is 0.248 bits per heavy atom. The van der Waals surface area contributed by atoms with Crippen molar-refractivity contribution in [3.63, 3.8) is 0 Å². The molecule has 7 heterocycles. The van der Waals surface area contributed by atoms with Gasteiger partial charge in [-0.25, -0.2) is 0 Å². The second kappa shape index (κ2) is 68.3. The summed E-state index contributed by atoms with van der Waals surface area (Å²) in [6.07, 6.45) is 81.4. The van der Waals surface area contributed by atoms with Crippen LogP contribution >= 0.6 is 79.4 Å². The van der Waals surface area contributed by atoms with E-state index in [1.54, 1.807) is 144 Å². The molecule has 0 spiro atoms. The Hall–Kier alpha value is -0.799. The van der Waals surface area contributed by atoms with Crippen molar-refractivity contribution in [3.05, 3.63) is 94.7 Å². The molecule has 0 nitrogen and oxygen atoms in total. The maximum Gasteiger partial charge on any atom is 0.0504 e. The van der Waals surface area contributed by atoms with Crippen LogP contribution in [0.1, 0.15) is 412 Å². The van der Waals surface area contributed by atoms with E-state index in [1.807, 2.05) is 79.4 Å². The summed E-state index contributed by atoms with van der Waals surface area (Å²) >= 11 is 13.9. The summed E-state index contributed by atoms with van der Waals surface area (Å²) in [5, 5.41) is 0. The van der Waals surface area contributed by atoms with Gasteiger partial charge in [-0.2, -0.15) is 0 Å². The average molecular weight is 1990 g/mol. The SMILES string of the molecule is CCCCCC[Si](C)(CCCCCC)CCC[Si](C)(CCCCCCCCCCCc1ccc(-c2ccc(-c3ccc(-c4ccc(-c5ccc(-c6ccc(-c7ccc(CCCCCCCCCCC[Si](C)(CCC[Si](C)(CCCCCC)CCCCCC)CCC[Si](C)(CCCCCC)CCCCCC)s7)s6)s5)s4)s3)s2)s1)CCC[Si](C)(CCCCCC)CCCCCC. The molecule has 734 valence electrons. The van der Waals surface area contributed by atoms with Gasteiger partial charge in [0.05, 0.1) is 48.4 Å². The van der Waals surface area contributed by atoms with Gasteiger partial charge in [-0.1, -0.05) is 537 Å². The highest BCUT2D eigenvalue weighted by Crippen LogP contribution is 2.49. The molecule has 0 radical (unpaired) electrons. The first-order chi connectivity index (χ1) is 62.8. The van der Waals surface area contributed by atoms with E-state index in [0.717, 1.165) is 0 Å². The van der Waals surface area contributed by atoms with Gasteiger partial charge in [-0.05, 0) is 111 Å². The molecule has 0 fully saturated rings. The predicted molar refractivity (Wildman–Crippen MR) is 623 cm³/mol. The lowest BCUT2D eigenvalue weighted by Crippen LogP contribution is -2.34. The second-order valence-corrected chi connectivity index (χ2v) is 83.0. The molecule has 0 amide bonds. The normalized spacial score (nSPS) is 12.7. The van der Waals surface area contributed by atoms with E-state index in [4.69, 9.17) is 0 Å². The molecule has 7 aromatic heterocycles. The highest BCUT2D eigenvalue weighted by Gasteiger charge is 2.35. The van der Waals surface area contributed by atoms with E-state index in [-0.39, 0.29) is 0 Å². The van der Waals surface area contributed by atoms with Crippen molar-refractivity contribution < 1.29 is 0 Å². The molecule has 0 atom stereocenters. The molecule has 0 unspecified atom stereocenters. The first-order valence-corrected chi connectivity index (χ1v) is 80.9. The monoisotopic (exact) mass is 1990 g/mol. The van der Waals surface area contributed by atoms with Gasteiger partial charge in [0.2, 0.25) is 0 Å². The Morgan fingerprint density at radius 3 is 0.403 bits per heavy atom. The lowest BCUT2D eigenvalue weighted by atomic mass is 10.1. The summed E-state index contributed by atoms with van der Waals surface area (Å²) in [5.41, 5.74) is 0. The fourth-order valence-electron chi connectivity index (χ4n) is 22.3. The largest absolute Gasteiger partial charge is 0.139 e. The molecular formula is C116H204S7Si6. The lowest BCUT2D eigenvalue weighted by molar-refractivity contribution is 0.564. The van der Waals surface area contributed by atoms with Gasteiger partial charge < -0.3 is 0 Å². The van der Waals surface area contributed by atoms with E-state index in [1.165, 1.54) is 392 Å². The number of hydrogen-bond donors (Lipinski definition) is 0. The number of hydrogen-bond acceptors (Lipinski definition) is 7. The number of thiophene rings is 7. The quantitative estimate of drug-likeness (QED) is 0.0263. The van der Waals surface area contributed by atoms with Crippen LogP contribution in [0.15, 0.2) is 84.9 Å². The lowest BCUT2D eigenvalue weighted by Gasteiger charge is -2.34. The van der Waals surface area contributed by atoms with Crippen LogP contribution < -0.4 is 0 Å². The smallest absolute Gasteiger partial charge is 0.0504 e. The Balaban J connectivity index is 0.783. The molecule has 7 aromatic rings. The van der Waals surface area contributed by atoms with Crippen LogP contribution in [0, 0.1) is 0 Å². The third-order valence-corrected chi connectivity index (χ3v) is 68.5. The van der Waals surface area contributed by atoms with Crippen LogP contribution in [0.25, 0.3) is 58.5 Å². The first-order valence-electron chi connectivity index (χ1n) is 56.5. The van der Waals surface area contributed by atoms with Crippen molar-refractivity contribution in [1.82, 2.24) is 0 Å². The Bertz CT molecular complexity index is 3460. The zero-order valence-electron chi connectivity index (χ0n) is 87.3. The van der Waals surface area contributed by atoms with E-state index in [0.29, 0.717) is 0 Å². The molecule has 0 aliphatic rings. The third kappa shape index (κ3) is 47.8. The molecule has 129 heavy (non-hydrogen) atoms. The van der Waals surface area contributed by atoms with Crippen molar-refractivity contribution in [1.29, 1.82) is 0 Å². The van der Waals surface area contributed by atoms with E-state index >= 15 is 0 Å². The van der Waals surface area contributed by atoms with Gasteiger partial charge >= 0.3 is 0 Å². The Morgan fingerprint density at radius 1 is 0.132 bits per heavy atom. The second-order valence-electron chi connectivity index (χ2n) is 44.5. The van der Waals surface area contributed by atoms with E-state index in [2.05, 4.69) is 180 Å². The van der Waals surface area contributed by atoms with Crippen molar-refractivity contribution in [2.45, 2.75) is 563 Å². The van der Waals surface area contributed by atoms with Crippen LogP contribution in [0.3, 0.4) is 0 Å². The van der Waals surface area contributed by atoms with Crippen LogP contribution in [0.5, 0.6) is 0 Å². The summed E-state index contributed by atoms with van der Waals surface area (Å²) in [6.45, 7) is 36.5. The highest BCUT2D eigenvalue weighted by molar-refractivity contribution is 7.31. The van der Waals surface area contributed by atoms with Gasteiger partial charge in [0.25, 0.3) is 0 Å². The summed E-state index contributed by atoms with van der Waals surface area (Å²) in [7, 11) is -7.20. The minimum Gasteiger partial charge on any atom is -0.139 e. The van der Waals surface area contributed by atoms with Crippen molar-refractivity contribution in [2.75, 3.05) is 0 Å². The Kier molecular flexibility index (Phi) is 61.0. The minimum absolute atomic E-state index is 1.16. The molecule has 0 saturated heterocycles. The predicted octanol–water partition coefficient (Wildman–Crippen LogP) is 46.9. The van der Waals surface area contributed by atoms with Gasteiger partial charge in [-0.3, -0.25) is 0 Å². The van der Waals surface area contributed by atoms with Crippen LogP contribution in [0.4, 0.5) is 0 Å². The average Bonchev–Trinajstić information content (AvgIpc) is 1.66. The highest BCUT2D eigenvalue weighted by atomic mass is 32.1. The maximum absolute atomic E-state index is 2.93. The molecule has 0 aliphatic carbocycles. The summed E-state index contributed by atoms with van der Waals surface area (Å²) in [5.74, 6) is 0. The maximum atomic E-state index is 2.93. The summed E-state index contributed by atoms with van der Waals surface area (Å²) in [6, 6.07) is 62.8. The fourth-order valence-corrected chi connectivity index (χ4v) is 55.2. The summed E-state index contributed by atoms with van der Waals surface area (Å²) in [4.78, 5) is 20.0. The van der Waals surface area contributed by atoms with Crippen LogP contribution in [-0.2, 0) is 12.8 Å². The molecule has 7 rings (SSSR count). The molecule has 13 heteroatoms. The fraction of sp³-hybridized carbons (Fsp3) is 0.759. The number of aryl methyl sites for hydroxylation is 2. The van der Waals surface area contributed by atoms with E-state index < -0.39 is 48.4 Å². The van der Waals surface area contributed by atoms with Crippen molar-refractivity contribution >= 4 is 128 Å². The van der Waals surface area contributed by atoms with E-state index in [9.17, 15) is 0 Å². The number of unbranched alkanes of at least 4 members (excludes halogenated alkanes) is 40. The van der Waals surface area contributed by atoms with Crippen molar-refractivity contribution in [2.24, 2.45) is 0 Å². The topological polar surface area (TPSA) is 0 Å². The standard InChI is InChI=1S/C116H204S7Si6/c1-15-23-31-55-85-124(9,86-56-32-24-16-2)95-65-99-128(13,100-66-96-125(10,87-57-33-25-17-3)88-58-34-26-18-4)93-63-51-47-43-39-41-45-49-53-69-103-71-73-105(117-103)107-75-77-109(119-107)111-79-81-113(121-111)115-83-84-116(123-115)114-82-80-112(122-114)110-78-76-108(120-110)106-74-72-104(118-106)70-54-50-46-42-40-44-48-52-64-94-129(14,101-67-97-126(11,89-59-35-27-19-5)90-60-36-28-20-6)102-68-98-127(12,91-61-37-29-21-7)92-62-38-30-22-8/h71-84H,15-70,85-102H2,1-14H3. The molecule has 0 saturated carbocycles. The van der Waals surface area contributed by atoms with Crippen molar-refractivity contribution in [3.8, 4) is 58.5 Å². The van der Waals surface area contributed by atoms with Gasteiger partial charge in [0.15, 0.2) is 0 Å². The third-order valence-electron chi connectivity index (χ3n) is 31.5. The zero-order chi connectivity index (χ0) is 92.3. The zero-order valence-corrected chi connectivity index (χ0v) is 99.0. The van der Waals surface area contributed by atoms with Gasteiger partial charge in [-0.15, -0.1) is 79.4 Å². The molecular weight excluding hydrogens is 1790 g/mol. The van der Waals surface area contributed by atoms with Gasteiger partial charge in [0, 0.05) is 68.3 Å². The van der Waals surface area contributed by atoms with Crippen LogP contribution in [0.2, 0.25) is 148 Å². The number of rotatable bonds is 86. The molecule has 0 N–H and O–H groups in total. The molecule has 0 aromatic carbocycles. The van der Waals surface area contributed by atoms with Crippen LogP contribution in [-0.4, -0.2) is 48.4 Å². The molecule has 0 aliphatic heterocycles. The van der Waals surface area contributed by atoms with Gasteiger partial charge in [0.1, 0.15) is 0 Å². The minimum atomic E-state index is -1.27.